The number of hydrogen-bond acceptors (Lipinski definition) is 5. The number of nitro groups is 1. The zero-order valence-corrected chi connectivity index (χ0v) is 15.4. The van der Waals surface area contributed by atoms with Gasteiger partial charge in [-0.2, -0.15) is 5.10 Å². The van der Waals surface area contributed by atoms with Crippen LogP contribution in [0.5, 0.6) is 0 Å². The van der Waals surface area contributed by atoms with E-state index in [-0.39, 0.29) is 5.69 Å². The minimum absolute atomic E-state index is 0.0967. The quantitative estimate of drug-likeness (QED) is 0.359. The Morgan fingerprint density at radius 2 is 2.00 bits per heavy atom. The number of nitrogens with zero attached hydrogens (tertiary/aromatic N) is 2. The van der Waals surface area contributed by atoms with Gasteiger partial charge in [-0.15, -0.1) is 0 Å². The highest BCUT2D eigenvalue weighted by Gasteiger charge is 2.14. The Morgan fingerprint density at radius 3 is 2.75 bits per heavy atom. The molecule has 9 heteroatoms. The SMILES string of the molecule is Cc1ccccc1NC(=O)NN=Cc1ccc(-c2cc([N+](=O)[O-])ccc2Cl)o1. The molecule has 0 atom stereocenters. The molecule has 28 heavy (non-hydrogen) atoms. The predicted octanol–water partition coefficient (Wildman–Crippen LogP) is 4.97. The summed E-state index contributed by atoms with van der Waals surface area (Å²) in [5, 5.41) is 17.7. The van der Waals surface area contributed by atoms with Crippen molar-refractivity contribution >= 4 is 35.2 Å². The summed E-state index contributed by atoms with van der Waals surface area (Å²) in [5.41, 5.74) is 4.23. The standard InChI is InChI=1S/C19H15ClN4O4/c1-12-4-2-3-5-17(12)22-19(25)23-21-11-14-7-9-18(28-14)15-10-13(24(26)27)6-8-16(15)20/h2-11H,1H3,(H2,22,23,25). The third-order valence-electron chi connectivity index (χ3n) is 3.80. The average molecular weight is 399 g/mol. The lowest BCUT2D eigenvalue weighted by molar-refractivity contribution is -0.384. The number of anilines is 1. The van der Waals surface area contributed by atoms with E-state index in [0.717, 1.165) is 5.56 Å². The predicted molar refractivity (Wildman–Crippen MR) is 107 cm³/mol. The maximum absolute atomic E-state index is 11.9. The van der Waals surface area contributed by atoms with Gasteiger partial charge in [0.2, 0.25) is 0 Å². The fourth-order valence-corrected chi connectivity index (χ4v) is 2.61. The number of amides is 2. The van der Waals surface area contributed by atoms with E-state index in [2.05, 4.69) is 15.8 Å². The number of nitrogens with one attached hydrogen (secondary N) is 2. The van der Waals surface area contributed by atoms with Crippen molar-refractivity contribution in [1.29, 1.82) is 0 Å². The Kier molecular flexibility index (Phi) is 5.71. The number of aryl methyl sites for hydroxylation is 1. The number of para-hydroxylation sites is 1. The molecule has 0 aliphatic rings. The van der Waals surface area contributed by atoms with E-state index in [1.807, 2.05) is 25.1 Å². The van der Waals surface area contributed by atoms with Gasteiger partial charge >= 0.3 is 6.03 Å². The Balaban J connectivity index is 1.66. The van der Waals surface area contributed by atoms with Crippen LogP contribution in [0, 0.1) is 17.0 Å². The van der Waals surface area contributed by atoms with Gasteiger partial charge in [-0.3, -0.25) is 10.1 Å². The van der Waals surface area contributed by atoms with Gasteiger partial charge in [0.05, 0.1) is 16.2 Å². The lowest BCUT2D eigenvalue weighted by Gasteiger charge is -2.06. The van der Waals surface area contributed by atoms with E-state index in [1.54, 1.807) is 18.2 Å². The van der Waals surface area contributed by atoms with Gasteiger partial charge < -0.3 is 9.73 Å². The first-order valence-electron chi connectivity index (χ1n) is 8.14. The van der Waals surface area contributed by atoms with E-state index in [0.29, 0.717) is 27.8 Å². The average Bonchev–Trinajstić information content (AvgIpc) is 3.12. The van der Waals surface area contributed by atoms with Gasteiger partial charge in [-0.1, -0.05) is 29.8 Å². The summed E-state index contributed by atoms with van der Waals surface area (Å²) in [4.78, 5) is 22.3. The number of carbonyl (C=O) groups is 1. The van der Waals surface area contributed by atoms with Gasteiger partial charge in [-0.25, -0.2) is 10.2 Å². The van der Waals surface area contributed by atoms with Crippen LogP contribution in [0.2, 0.25) is 5.02 Å². The lowest BCUT2D eigenvalue weighted by Crippen LogP contribution is -2.24. The van der Waals surface area contributed by atoms with Gasteiger partial charge in [-0.05, 0) is 36.8 Å². The van der Waals surface area contributed by atoms with Crippen LogP contribution < -0.4 is 10.7 Å². The van der Waals surface area contributed by atoms with Crippen molar-refractivity contribution in [3.05, 3.63) is 81.1 Å². The Labute approximate surface area is 165 Å². The molecular formula is C19H15ClN4O4. The summed E-state index contributed by atoms with van der Waals surface area (Å²) >= 11 is 6.10. The fourth-order valence-electron chi connectivity index (χ4n) is 2.40. The maximum Gasteiger partial charge on any atom is 0.339 e. The highest BCUT2D eigenvalue weighted by molar-refractivity contribution is 6.33. The number of hydrogen-bond donors (Lipinski definition) is 2. The normalized spacial score (nSPS) is 10.8. The van der Waals surface area contributed by atoms with Crippen LogP contribution >= 0.6 is 11.6 Å². The van der Waals surface area contributed by atoms with Gasteiger partial charge in [0.15, 0.2) is 0 Å². The number of rotatable bonds is 5. The first-order valence-corrected chi connectivity index (χ1v) is 8.51. The smallest absolute Gasteiger partial charge is 0.339 e. The van der Waals surface area contributed by atoms with Crippen molar-refractivity contribution in [2.45, 2.75) is 6.92 Å². The molecule has 0 bridgehead atoms. The molecule has 2 amide bonds. The molecule has 8 nitrogen and oxygen atoms in total. The van der Waals surface area contributed by atoms with E-state index in [1.165, 1.54) is 24.4 Å². The lowest BCUT2D eigenvalue weighted by atomic mass is 10.1. The zero-order chi connectivity index (χ0) is 20.1. The van der Waals surface area contributed by atoms with Crippen molar-refractivity contribution in [2.75, 3.05) is 5.32 Å². The van der Waals surface area contributed by atoms with Crippen LogP contribution in [0.1, 0.15) is 11.3 Å². The molecule has 0 saturated carbocycles. The van der Waals surface area contributed by atoms with Crippen LogP contribution in [0.25, 0.3) is 11.3 Å². The zero-order valence-electron chi connectivity index (χ0n) is 14.7. The highest BCUT2D eigenvalue weighted by atomic mass is 35.5. The molecule has 142 valence electrons. The van der Waals surface area contributed by atoms with Crippen molar-refractivity contribution < 1.29 is 14.1 Å². The van der Waals surface area contributed by atoms with Crippen LogP contribution in [-0.2, 0) is 0 Å². The number of furan rings is 1. The van der Waals surface area contributed by atoms with Crippen molar-refractivity contribution in [3.8, 4) is 11.3 Å². The number of halogens is 1. The summed E-state index contributed by atoms with van der Waals surface area (Å²) in [6.45, 7) is 1.88. The van der Waals surface area contributed by atoms with E-state index >= 15 is 0 Å². The number of carbonyl (C=O) groups excluding carboxylic acids is 1. The summed E-state index contributed by atoms with van der Waals surface area (Å²) in [6, 6.07) is 14.1. The van der Waals surface area contributed by atoms with Crippen molar-refractivity contribution in [3.63, 3.8) is 0 Å². The summed E-state index contributed by atoms with van der Waals surface area (Å²) in [6.07, 6.45) is 1.31. The summed E-state index contributed by atoms with van der Waals surface area (Å²) in [7, 11) is 0. The summed E-state index contributed by atoms with van der Waals surface area (Å²) in [5.74, 6) is 0.688. The molecule has 0 aliphatic carbocycles. The molecule has 0 spiro atoms. The summed E-state index contributed by atoms with van der Waals surface area (Å²) < 4.78 is 5.58. The van der Waals surface area contributed by atoms with Gasteiger partial charge in [0, 0.05) is 23.4 Å². The topological polar surface area (TPSA) is 110 Å². The molecule has 3 rings (SSSR count). The van der Waals surface area contributed by atoms with Crippen molar-refractivity contribution in [1.82, 2.24) is 5.43 Å². The number of non-ortho nitro benzene ring substituents is 1. The van der Waals surface area contributed by atoms with Crippen molar-refractivity contribution in [2.24, 2.45) is 5.10 Å². The Hall–Kier alpha value is -3.65. The molecule has 2 N–H and O–H groups in total. The Morgan fingerprint density at radius 1 is 1.21 bits per heavy atom. The number of hydrazone groups is 1. The van der Waals surface area contributed by atoms with E-state index in [4.69, 9.17) is 16.0 Å². The third-order valence-corrected chi connectivity index (χ3v) is 4.13. The highest BCUT2D eigenvalue weighted by Crippen LogP contribution is 2.32. The second-order valence-electron chi connectivity index (χ2n) is 5.76. The fraction of sp³-hybridized carbons (Fsp3) is 0.0526. The van der Waals surface area contributed by atoms with Crippen LogP contribution in [0.4, 0.5) is 16.2 Å². The Bertz CT molecular complexity index is 1060. The molecule has 0 aliphatic heterocycles. The van der Waals surface area contributed by atoms with E-state index in [9.17, 15) is 14.9 Å². The largest absolute Gasteiger partial charge is 0.455 e. The molecule has 1 heterocycles. The molecule has 0 fully saturated rings. The molecule has 1 aromatic heterocycles. The first-order chi connectivity index (χ1) is 13.4. The second-order valence-corrected chi connectivity index (χ2v) is 6.17. The minimum Gasteiger partial charge on any atom is -0.455 e. The number of nitro benzene ring substituents is 1. The molecule has 0 radical (unpaired) electrons. The second kappa shape index (κ2) is 8.36. The number of urea groups is 1. The molecular weight excluding hydrogens is 384 g/mol. The third kappa shape index (κ3) is 4.54. The monoisotopic (exact) mass is 398 g/mol. The van der Waals surface area contributed by atoms with Crippen LogP contribution in [-0.4, -0.2) is 17.2 Å². The van der Waals surface area contributed by atoms with E-state index < -0.39 is 11.0 Å². The number of benzene rings is 2. The molecule has 0 unspecified atom stereocenters. The maximum atomic E-state index is 11.9. The molecule has 0 saturated heterocycles. The minimum atomic E-state index is -0.512. The van der Waals surface area contributed by atoms with Gasteiger partial charge in [0.25, 0.3) is 5.69 Å². The van der Waals surface area contributed by atoms with Gasteiger partial charge in [0.1, 0.15) is 11.5 Å². The van der Waals surface area contributed by atoms with Crippen LogP contribution in [0.3, 0.4) is 0 Å². The van der Waals surface area contributed by atoms with Crippen LogP contribution in [0.15, 0.2) is 64.1 Å². The molecule has 2 aromatic carbocycles. The first kappa shape index (κ1) is 19.1. The molecule has 3 aromatic rings.